The Kier molecular flexibility index (Phi) is 5.08. The Hall–Kier alpha value is -4.43. The number of H-pyrrole nitrogens is 2. The van der Waals surface area contributed by atoms with Gasteiger partial charge in [0.1, 0.15) is 17.0 Å². The van der Waals surface area contributed by atoms with Gasteiger partial charge in [-0.15, -0.1) is 0 Å². The van der Waals surface area contributed by atoms with E-state index in [-0.39, 0.29) is 5.82 Å². The molecule has 35 heavy (non-hydrogen) atoms. The molecule has 0 saturated carbocycles. The fourth-order valence-corrected chi connectivity index (χ4v) is 4.40. The van der Waals surface area contributed by atoms with Crippen LogP contribution in [0.25, 0.3) is 55.7 Å². The summed E-state index contributed by atoms with van der Waals surface area (Å²) in [6, 6.07) is 14.7. The van der Waals surface area contributed by atoms with Gasteiger partial charge in [0.2, 0.25) is 0 Å². The Morgan fingerprint density at radius 1 is 0.886 bits per heavy atom. The molecule has 0 saturated heterocycles. The molecule has 0 bridgehead atoms. The monoisotopic (exact) mass is 463 g/mol. The van der Waals surface area contributed by atoms with Gasteiger partial charge in [0.25, 0.3) is 0 Å². The van der Waals surface area contributed by atoms with E-state index < -0.39 is 0 Å². The third-order valence-electron chi connectivity index (χ3n) is 5.96. The smallest absolute Gasteiger partial charge is 0.135 e. The number of benzene rings is 1. The SMILES string of the molecule is CN(C)Cc1cncc(-c2ccc3[nH]nc(-c4cc5c(-c6ccccc6F)cncc5[nH]4)c3n2)c1. The van der Waals surface area contributed by atoms with Gasteiger partial charge in [-0.1, -0.05) is 18.2 Å². The number of pyridine rings is 3. The van der Waals surface area contributed by atoms with Crippen LogP contribution in [0.1, 0.15) is 5.56 Å². The molecule has 0 aliphatic heterocycles. The van der Waals surface area contributed by atoms with Crippen LogP contribution >= 0.6 is 0 Å². The van der Waals surface area contributed by atoms with Crippen molar-refractivity contribution >= 4 is 21.9 Å². The predicted octanol–water partition coefficient (Wildman–Crippen LogP) is 5.43. The number of halogens is 1. The molecular weight excluding hydrogens is 441 g/mol. The van der Waals surface area contributed by atoms with Gasteiger partial charge in [0, 0.05) is 47.2 Å². The summed E-state index contributed by atoms with van der Waals surface area (Å²) in [4.78, 5) is 19.1. The second-order valence-corrected chi connectivity index (χ2v) is 8.80. The van der Waals surface area contributed by atoms with Crippen molar-refractivity contribution in [3.05, 3.63) is 84.7 Å². The van der Waals surface area contributed by atoms with Gasteiger partial charge in [0.05, 0.1) is 28.6 Å². The number of nitrogens with one attached hydrogen (secondary N) is 2. The minimum atomic E-state index is -0.286. The summed E-state index contributed by atoms with van der Waals surface area (Å²) in [7, 11) is 4.06. The number of fused-ring (bicyclic) bond motifs is 2. The van der Waals surface area contributed by atoms with Crippen molar-refractivity contribution in [3.63, 3.8) is 0 Å². The molecule has 2 N–H and O–H groups in total. The first-order chi connectivity index (χ1) is 17.1. The molecule has 0 radical (unpaired) electrons. The van der Waals surface area contributed by atoms with Crippen molar-refractivity contribution in [2.75, 3.05) is 14.1 Å². The van der Waals surface area contributed by atoms with Crippen molar-refractivity contribution in [1.82, 2.24) is 35.0 Å². The van der Waals surface area contributed by atoms with E-state index in [4.69, 9.17) is 4.98 Å². The molecule has 0 amide bonds. The Bertz CT molecular complexity index is 1680. The number of hydrogen-bond donors (Lipinski definition) is 2. The van der Waals surface area contributed by atoms with E-state index in [2.05, 4.69) is 36.1 Å². The van der Waals surface area contributed by atoms with Crippen LogP contribution in [0.5, 0.6) is 0 Å². The van der Waals surface area contributed by atoms with E-state index in [1.165, 1.54) is 6.07 Å². The summed E-state index contributed by atoms with van der Waals surface area (Å²) < 4.78 is 14.5. The lowest BCUT2D eigenvalue weighted by Crippen LogP contribution is -2.10. The molecule has 0 fully saturated rings. The molecule has 6 rings (SSSR count). The van der Waals surface area contributed by atoms with Gasteiger partial charge < -0.3 is 9.88 Å². The van der Waals surface area contributed by atoms with Crippen molar-refractivity contribution in [1.29, 1.82) is 0 Å². The van der Waals surface area contributed by atoms with E-state index >= 15 is 0 Å². The molecule has 5 heterocycles. The maximum absolute atomic E-state index is 14.5. The van der Waals surface area contributed by atoms with Crippen LogP contribution in [-0.2, 0) is 6.54 Å². The molecule has 8 heteroatoms. The minimum Gasteiger partial charge on any atom is -0.352 e. The number of aromatic nitrogens is 6. The Labute approximate surface area is 200 Å². The van der Waals surface area contributed by atoms with E-state index in [1.807, 2.05) is 50.8 Å². The van der Waals surface area contributed by atoms with Gasteiger partial charge in [-0.25, -0.2) is 9.37 Å². The minimum absolute atomic E-state index is 0.286. The van der Waals surface area contributed by atoms with Crippen LogP contribution in [0, 0.1) is 5.82 Å². The highest BCUT2D eigenvalue weighted by atomic mass is 19.1. The molecular formula is C27H22FN7. The Morgan fingerprint density at radius 3 is 2.60 bits per heavy atom. The van der Waals surface area contributed by atoms with Crippen molar-refractivity contribution in [3.8, 4) is 33.8 Å². The highest BCUT2D eigenvalue weighted by molar-refractivity contribution is 6.00. The van der Waals surface area contributed by atoms with Gasteiger partial charge >= 0.3 is 0 Å². The molecule has 0 atom stereocenters. The third-order valence-corrected chi connectivity index (χ3v) is 5.96. The molecule has 6 aromatic rings. The third kappa shape index (κ3) is 3.83. The van der Waals surface area contributed by atoms with Crippen LogP contribution in [-0.4, -0.2) is 49.1 Å². The summed E-state index contributed by atoms with van der Waals surface area (Å²) in [5.41, 5.74) is 7.95. The Morgan fingerprint density at radius 2 is 1.74 bits per heavy atom. The van der Waals surface area contributed by atoms with Crippen LogP contribution < -0.4 is 0 Å². The first-order valence-corrected chi connectivity index (χ1v) is 11.2. The molecule has 172 valence electrons. The molecule has 0 unspecified atom stereocenters. The summed E-state index contributed by atoms with van der Waals surface area (Å²) in [5.74, 6) is -0.286. The van der Waals surface area contributed by atoms with Gasteiger partial charge in [-0.05, 0) is 50.0 Å². The number of nitrogens with zero attached hydrogens (tertiary/aromatic N) is 5. The average molecular weight is 464 g/mol. The van der Waals surface area contributed by atoms with Gasteiger partial charge in [-0.2, -0.15) is 5.10 Å². The standard InChI is InChI=1S/C27H22FN7/c1-35(2)15-16-9-17(12-29-11-16)22-7-8-23-26(32-22)27(34-33-23)24-10-19-20(13-30-14-25(19)31-24)18-5-3-4-6-21(18)28/h3-14,31H,15H2,1-2H3,(H,33,34). The second kappa shape index (κ2) is 8.41. The molecule has 5 aromatic heterocycles. The summed E-state index contributed by atoms with van der Waals surface area (Å²) in [6.45, 7) is 0.799. The fraction of sp³-hybridized carbons (Fsp3) is 0.111. The maximum atomic E-state index is 14.5. The summed E-state index contributed by atoms with van der Waals surface area (Å²) in [6.07, 6.45) is 7.11. The van der Waals surface area contributed by atoms with Crippen LogP contribution in [0.4, 0.5) is 4.39 Å². The normalized spacial score (nSPS) is 11.7. The van der Waals surface area contributed by atoms with Crippen LogP contribution in [0.3, 0.4) is 0 Å². The largest absolute Gasteiger partial charge is 0.352 e. The first-order valence-electron chi connectivity index (χ1n) is 11.2. The van der Waals surface area contributed by atoms with Crippen molar-refractivity contribution < 1.29 is 4.39 Å². The number of rotatable bonds is 5. The van der Waals surface area contributed by atoms with E-state index in [0.717, 1.165) is 56.6 Å². The number of aromatic amines is 2. The second-order valence-electron chi connectivity index (χ2n) is 8.80. The molecule has 0 spiro atoms. The van der Waals surface area contributed by atoms with E-state index in [9.17, 15) is 4.39 Å². The first kappa shape index (κ1) is 21.1. The lowest BCUT2D eigenvalue weighted by Gasteiger charge is -2.10. The predicted molar refractivity (Wildman–Crippen MR) is 135 cm³/mol. The molecule has 0 aliphatic rings. The quantitative estimate of drug-likeness (QED) is 0.356. The van der Waals surface area contributed by atoms with Crippen LogP contribution in [0.2, 0.25) is 0 Å². The van der Waals surface area contributed by atoms with Gasteiger partial charge in [0.15, 0.2) is 0 Å². The van der Waals surface area contributed by atoms with Crippen molar-refractivity contribution in [2.45, 2.75) is 6.54 Å². The lowest BCUT2D eigenvalue weighted by molar-refractivity contribution is 0.402. The topological polar surface area (TPSA) is 86.4 Å². The Balaban J connectivity index is 1.46. The maximum Gasteiger partial charge on any atom is 0.135 e. The van der Waals surface area contributed by atoms with Crippen LogP contribution in [0.15, 0.2) is 73.3 Å². The zero-order valence-corrected chi connectivity index (χ0v) is 19.2. The average Bonchev–Trinajstić information content (AvgIpc) is 3.47. The highest BCUT2D eigenvalue weighted by Gasteiger charge is 2.17. The number of hydrogen-bond acceptors (Lipinski definition) is 5. The molecule has 7 nitrogen and oxygen atoms in total. The van der Waals surface area contributed by atoms with Crippen molar-refractivity contribution in [2.24, 2.45) is 0 Å². The molecule has 1 aromatic carbocycles. The highest BCUT2D eigenvalue weighted by Crippen LogP contribution is 2.34. The summed E-state index contributed by atoms with van der Waals surface area (Å²) >= 11 is 0. The van der Waals surface area contributed by atoms with E-state index in [0.29, 0.717) is 11.3 Å². The fourth-order valence-electron chi connectivity index (χ4n) is 4.40. The lowest BCUT2D eigenvalue weighted by atomic mass is 10.0. The molecule has 0 aliphatic carbocycles. The van der Waals surface area contributed by atoms with Gasteiger partial charge in [-0.3, -0.25) is 15.1 Å². The zero-order valence-electron chi connectivity index (χ0n) is 19.2. The zero-order chi connectivity index (χ0) is 23.9. The van der Waals surface area contributed by atoms with E-state index in [1.54, 1.807) is 24.5 Å². The summed E-state index contributed by atoms with van der Waals surface area (Å²) in [5, 5.41) is 8.48.